The van der Waals surface area contributed by atoms with Crippen molar-refractivity contribution in [2.45, 2.75) is 34.1 Å². The normalized spacial score (nSPS) is 9.07. The van der Waals surface area contributed by atoms with E-state index in [0.717, 1.165) is 19.6 Å². The lowest BCUT2D eigenvalue weighted by Crippen LogP contribution is -1.99. The predicted octanol–water partition coefficient (Wildman–Crippen LogP) is 5.25. The Bertz CT molecular complexity index is 518. The highest BCUT2D eigenvalue weighted by atomic mass is 16.6. The molecule has 1 aromatic rings. The van der Waals surface area contributed by atoms with Gasteiger partial charge in [0.15, 0.2) is 5.78 Å². The number of hydrogen-bond donors (Lipinski definition) is 0. The van der Waals surface area contributed by atoms with Gasteiger partial charge < -0.3 is 14.2 Å². The molecule has 0 amide bonds. The summed E-state index contributed by atoms with van der Waals surface area (Å²) in [7, 11) is 3.36. The fourth-order valence-corrected chi connectivity index (χ4v) is 1.35. The second-order valence-corrected chi connectivity index (χ2v) is 4.87. The van der Waals surface area contributed by atoms with E-state index in [2.05, 4.69) is 22.6 Å². The van der Waals surface area contributed by atoms with Crippen molar-refractivity contribution in [2.75, 3.05) is 34.0 Å². The van der Waals surface area contributed by atoms with Crippen molar-refractivity contribution in [3.05, 3.63) is 59.2 Å². The van der Waals surface area contributed by atoms with E-state index in [1.165, 1.54) is 25.1 Å². The molecule has 28 heavy (non-hydrogen) atoms. The molecule has 1 rings (SSSR count). The third kappa shape index (κ3) is 18.3. The number of nitrogens with zero attached hydrogens (tertiary/aromatic N) is 1. The van der Waals surface area contributed by atoms with Crippen molar-refractivity contribution in [1.82, 2.24) is 0 Å². The largest absolute Gasteiger partial charge is 0.489 e. The third-order valence-electron chi connectivity index (χ3n) is 2.83. The lowest BCUT2D eigenvalue weighted by atomic mass is 10.1. The van der Waals surface area contributed by atoms with Crippen molar-refractivity contribution < 1.29 is 23.9 Å². The zero-order valence-corrected chi connectivity index (χ0v) is 18.0. The Balaban J connectivity index is -0.000000522. The van der Waals surface area contributed by atoms with E-state index in [4.69, 9.17) is 4.74 Å². The summed E-state index contributed by atoms with van der Waals surface area (Å²) in [5.41, 5.74) is 0.135. The number of carbonyl (C=O) groups excluding carboxylic acids is 1. The molecule has 0 aromatic heterocycles. The molecule has 0 heterocycles. The Hall–Kier alpha value is -2.51. The molecule has 1 aromatic carbocycles. The van der Waals surface area contributed by atoms with Crippen LogP contribution < -0.4 is 4.74 Å². The number of nitro groups is 1. The number of benzene rings is 1. The predicted molar refractivity (Wildman–Crippen MR) is 114 cm³/mol. The summed E-state index contributed by atoms with van der Waals surface area (Å²) in [5, 5.41) is 10.7. The molecule has 0 aliphatic rings. The highest BCUT2D eigenvalue weighted by Gasteiger charge is 2.12. The minimum atomic E-state index is -0.540. The molecule has 0 saturated carbocycles. The molecule has 0 fully saturated rings. The second-order valence-electron chi connectivity index (χ2n) is 4.87. The van der Waals surface area contributed by atoms with Crippen molar-refractivity contribution in [3.8, 4) is 5.75 Å². The van der Waals surface area contributed by atoms with Crippen LogP contribution in [0.5, 0.6) is 5.75 Å². The van der Waals surface area contributed by atoms with Crippen LogP contribution in [-0.4, -0.2) is 44.7 Å². The Morgan fingerprint density at radius 2 is 1.57 bits per heavy atom. The number of hydrogen-bond acceptors (Lipinski definition) is 6. The van der Waals surface area contributed by atoms with Crippen molar-refractivity contribution >= 4 is 11.5 Å². The molecule has 0 aliphatic carbocycles. The van der Waals surface area contributed by atoms with E-state index >= 15 is 0 Å². The molecule has 7 heteroatoms. The van der Waals surface area contributed by atoms with Crippen molar-refractivity contribution in [1.29, 1.82) is 0 Å². The van der Waals surface area contributed by atoms with Crippen LogP contribution >= 0.6 is 0 Å². The van der Waals surface area contributed by atoms with Gasteiger partial charge in [0.25, 0.3) is 5.69 Å². The molecule has 0 radical (unpaired) electrons. The first-order valence-electron chi connectivity index (χ1n) is 8.93. The summed E-state index contributed by atoms with van der Waals surface area (Å²) in [6.45, 7) is 15.2. The van der Waals surface area contributed by atoms with E-state index in [-0.39, 0.29) is 17.0 Å². The zero-order chi connectivity index (χ0) is 22.4. The molecule has 7 nitrogen and oxygen atoms in total. The van der Waals surface area contributed by atoms with E-state index in [9.17, 15) is 14.9 Å². The summed E-state index contributed by atoms with van der Waals surface area (Å²) in [6.07, 6.45) is 4.66. The Morgan fingerprint density at radius 3 is 1.93 bits per heavy atom. The van der Waals surface area contributed by atoms with Gasteiger partial charge in [-0.15, -0.1) is 13.2 Å². The molecule has 0 spiro atoms. The summed E-state index contributed by atoms with van der Waals surface area (Å²) in [4.78, 5) is 21.4. The first kappa shape index (κ1) is 30.2. The van der Waals surface area contributed by atoms with Crippen LogP contribution in [0.25, 0.3) is 0 Å². The standard InChI is InChI=1S/C13H15NO4.2C3H8O.C2H4/c1-3-4-5-6-18-13-8-11(10(2)15)7-12(9-13)14(16)17;2*1-3-4-2;1-2/h4-5,7-9H,3,6H2,1-2H3;2*3H2,1-2H3;1-2H2/b5-4+;;;. The van der Waals surface area contributed by atoms with Gasteiger partial charge in [0.05, 0.1) is 11.0 Å². The molecular formula is C21H35NO6. The SMILES string of the molecule is C=C.CC/C=C/COc1cc(C(C)=O)cc([N+](=O)[O-])c1.CCOC.CCOC. The maximum absolute atomic E-state index is 11.3. The van der Waals surface area contributed by atoms with E-state index in [0.29, 0.717) is 12.4 Å². The fraction of sp³-hybridized carbons (Fsp3) is 0.476. The minimum Gasteiger partial charge on any atom is -0.489 e. The first-order valence-corrected chi connectivity index (χ1v) is 8.93. The van der Waals surface area contributed by atoms with Crippen molar-refractivity contribution in [3.63, 3.8) is 0 Å². The molecule has 0 bridgehead atoms. The smallest absolute Gasteiger partial charge is 0.273 e. The average molecular weight is 398 g/mol. The summed E-state index contributed by atoms with van der Waals surface area (Å²) in [5.74, 6) is 0.0998. The number of ketones is 1. The van der Waals surface area contributed by atoms with Crippen LogP contribution in [0.4, 0.5) is 5.69 Å². The van der Waals surface area contributed by atoms with Gasteiger partial charge in [0.1, 0.15) is 12.4 Å². The van der Waals surface area contributed by atoms with Gasteiger partial charge in [-0.3, -0.25) is 14.9 Å². The highest BCUT2D eigenvalue weighted by Crippen LogP contribution is 2.23. The lowest BCUT2D eigenvalue weighted by Gasteiger charge is -2.05. The summed E-state index contributed by atoms with van der Waals surface area (Å²) >= 11 is 0. The van der Waals surface area contributed by atoms with Gasteiger partial charge in [0.2, 0.25) is 0 Å². The van der Waals surface area contributed by atoms with Gasteiger partial charge in [-0.05, 0) is 33.3 Å². The Labute approximate surface area is 169 Å². The molecule has 0 atom stereocenters. The maximum Gasteiger partial charge on any atom is 0.273 e. The zero-order valence-electron chi connectivity index (χ0n) is 18.0. The third-order valence-corrected chi connectivity index (χ3v) is 2.83. The van der Waals surface area contributed by atoms with E-state index < -0.39 is 4.92 Å². The monoisotopic (exact) mass is 397 g/mol. The Morgan fingerprint density at radius 1 is 1.07 bits per heavy atom. The first-order chi connectivity index (χ1) is 13.4. The molecule has 160 valence electrons. The molecule has 0 saturated heterocycles. The number of Topliss-reactive ketones (excluding diaryl/α,β-unsaturated/α-hetero) is 1. The quantitative estimate of drug-likeness (QED) is 0.258. The van der Waals surface area contributed by atoms with Gasteiger partial charge in [0, 0.05) is 39.1 Å². The Kier molecular flexibility index (Phi) is 24.3. The summed E-state index contributed by atoms with van der Waals surface area (Å²) < 4.78 is 14.4. The van der Waals surface area contributed by atoms with Crippen LogP contribution in [0, 0.1) is 10.1 Å². The highest BCUT2D eigenvalue weighted by molar-refractivity contribution is 5.95. The van der Waals surface area contributed by atoms with Crippen LogP contribution in [-0.2, 0) is 9.47 Å². The average Bonchev–Trinajstić information content (AvgIpc) is 2.72. The van der Waals surface area contributed by atoms with Crippen LogP contribution in [0.3, 0.4) is 0 Å². The number of carbonyl (C=O) groups is 1. The second kappa shape index (κ2) is 22.5. The minimum absolute atomic E-state index is 0.142. The number of methoxy groups -OCH3 is 2. The molecular weight excluding hydrogens is 362 g/mol. The van der Waals surface area contributed by atoms with Gasteiger partial charge >= 0.3 is 0 Å². The van der Waals surface area contributed by atoms with Crippen molar-refractivity contribution in [2.24, 2.45) is 0 Å². The number of rotatable bonds is 8. The number of ether oxygens (including phenoxy) is 3. The van der Waals surface area contributed by atoms with Gasteiger partial charge in [-0.25, -0.2) is 0 Å². The summed E-state index contributed by atoms with van der Waals surface area (Å²) in [6, 6.07) is 4.07. The molecule has 0 N–H and O–H groups in total. The lowest BCUT2D eigenvalue weighted by molar-refractivity contribution is -0.385. The molecule has 0 unspecified atom stereocenters. The van der Waals surface area contributed by atoms with E-state index in [1.54, 1.807) is 14.2 Å². The van der Waals surface area contributed by atoms with Crippen LogP contribution in [0.15, 0.2) is 43.5 Å². The molecule has 0 aliphatic heterocycles. The van der Waals surface area contributed by atoms with Crippen LogP contribution in [0.1, 0.15) is 44.5 Å². The van der Waals surface area contributed by atoms with Gasteiger partial charge in [-0.1, -0.05) is 19.1 Å². The maximum atomic E-state index is 11.3. The number of allylic oxidation sites excluding steroid dienone is 1. The fourth-order valence-electron chi connectivity index (χ4n) is 1.35. The van der Waals surface area contributed by atoms with Crippen LogP contribution in [0.2, 0.25) is 0 Å². The van der Waals surface area contributed by atoms with E-state index in [1.807, 2.05) is 32.9 Å². The topological polar surface area (TPSA) is 87.9 Å². The number of nitro benzene ring substituents is 1. The van der Waals surface area contributed by atoms with Gasteiger partial charge in [-0.2, -0.15) is 0 Å². The number of non-ortho nitro benzene ring substituents is 1.